The number of pyridine rings is 1. The SMILES string of the molecule is CN=C(NCCN1CCN(Cc2ccccc2)CC1)NCc1ccccn1. The Hall–Kier alpha value is -2.44. The normalized spacial score (nSPS) is 16.3. The van der Waals surface area contributed by atoms with Crippen molar-refractivity contribution in [3.8, 4) is 0 Å². The molecule has 0 atom stereocenters. The van der Waals surface area contributed by atoms with Crippen molar-refractivity contribution in [2.24, 2.45) is 4.99 Å². The minimum atomic E-state index is 0.679. The van der Waals surface area contributed by atoms with E-state index in [1.807, 2.05) is 24.4 Å². The largest absolute Gasteiger partial charge is 0.355 e. The summed E-state index contributed by atoms with van der Waals surface area (Å²) in [4.78, 5) is 13.7. The highest BCUT2D eigenvalue weighted by molar-refractivity contribution is 5.79. The Morgan fingerprint density at radius 2 is 1.70 bits per heavy atom. The van der Waals surface area contributed by atoms with Crippen LogP contribution in [0.1, 0.15) is 11.3 Å². The van der Waals surface area contributed by atoms with Gasteiger partial charge in [-0.2, -0.15) is 0 Å². The average molecular weight is 367 g/mol. The predicted molar refractivity (Wildman–Crippen MR) is 111 cm³/mol. The fraction of sp³-hybridized carbons (Fsp3) is 0.429. The molecular formula is C21H30N6. The molecule has 144 valence electrons. The lowest BCUT2D eigenvalue weighted by molar-refractivity contribution is 0.129. The number of hydrogen-bond acceptors (Lipinski definition) is 4. The molecular weight excluding hydrogens is 336 g/mol. The van der Waals surface area contributed by atoms with Gasteiger partial charge in [-0.25, -0.2) is 0 Å². The van der Waals surface area contributed by atoms with Crippen molar-refractivity contribution in [3.63, 3.8) is 0 Å². The minimum Gasteiger partial charge on any atom is -0.355 e. The van der Waals surface area contributed by atoms with E-state index >= 15 is 0 Å². The first-order valence-electron chi connectivity index (χ1n) is 9.66. The van der Waals surface area contributed by atoms with Gasteiger partial charge < -0.3 is 10.6 Å². The summed E-state index contributed by atoms with van der Waals surface area (Å²) in [5.41, 5.74) is 2.41. The second kappa shape index (κ2) is 10.6. The maximum absolute atomic E-state index is 4.32. The first kappa shape index (κ1) is 19.3. The predicted octanol–water partition coefficient (Wildman–Crippen LogP) is 1.56. The smallest absolute Gasteiger partial charge is 0.191 e. The van der Waals surface area contributed by atoms with Gasteiger partial charge in [0, 0.05) is 59.1 Å². The number of rotatable bonds is 7. The molecule has 0 unspecified atom stereocenters. The minimum absolute atomic E-state index is 0.679. The van der Waals surface area contributed by atoms with E-state index in [1.165, 1.54) is 5.56 Å². The van der Waals surface area contributed by atoms with Crippen LogP contribution in [0.2, 0.25) is 0 Å². The highest BCUT2D eigenvalue weighted by atomic mass is 15.3. The third kappa shape index (κ3) is 6.66. The van der Waals surface area contributed by atoms with Gasteiger partial charge in [-0.05, 0) is 17.7 Å². The lowest BCUT2D eigenvalue weighted by Gasteiger charge is -2.34. The molecule has 2 N–H and O–H groups in total. The Balaban J connectivity index is 1.31. The van der Waals surface area contributed by atoms with Crippen molar-refractivity contribution in [1.29, 1.82) is 0 Å². The standard InChI is InChI=1S/C21H30N6/c1-22-21(25-17-20-9-5-6-10-23-20)24-11-12-26-13-15-27(16-14-26)18-19-7-3-2-4-8-19/h2-10H,11-18H2,1H3,(H2,22,24,25). The molecule has 0 spiro atoms. The van der Waals surface area contributed by atoms with E-state index in [2.05, 4.69) is 60.7 Å². The van der Waals surface area contributed by atoms with Crippen LogP contribution >= 0.6 is 0 Å². The van der Waals surface area contributed by atoms with Crippen molar-refractivity contribution < 1.29 is 0 Å². The Bertz CT molecular complexity index is 680. The van der Waals surface area contributed by atoms with Crippen molar-refractivity contribution in [2.75, 3.05) is 46.3 Å². The number of guanidine groups is 1. The summed E-state index contributed by atoms with van der Waals surface area (Å²) in [6.45, 7) is 8.14. The Kier molecular flexibility index (Phi) is 7.62. The molecule has 2 heterocycles. The van der Waals surface area contributed by atoms with Gasteiger partial charge in [0.25, 0.3) is 0 Å². The second-order valence-electron chi connectivity index (χ2n) is 6.78. The maximum atomic E-state index is 4.32. The number of hydrogen-bond donors (Lipinski definition) is 2. The molecule has 2 aromatic rings. The molecule has 1 aliphatic rings. The van der Waals surface area contributed by atoms with Crippen LogP contribution in [-0.2, 0) is 13.1 Å². The third-order valence-corrected chi connectivity index (χ3v) is 4.82. The van der Waals surface area contributed by atoms with Crippen LogP contribution in [0, 0.1) is 0 Å². The number of benzene rings is 1. The molecule has 0 radical (unpaired) electrons. The summed E-state index contributed by atoms with van der Waals surface area (Å²) in [6.07, 6.45) is 1.81. The molecule has 1 aromatic carbocycles. The average Bonchev–Trinajstić information content (AvgIpc) is 2.73. The third-order valence-electron chi connectivity index (χ3n) is 4.82. The van der Waals surface area contributed by atoms with Crippen molar-refractivity contribution in [1.82, 2.24) is 25.4 Å². The van der Waals surface area contributed by atoms with Gasteiger partial charge >= 0.3 is 0 Å². The molecule has 1 aromatic heterocycles. The molecule has 0 amide bonds. The van der Waals surface area contributed by atoms with Gasteiger partial charge in [0.15, 0.2) is 5.96 Å². The number of nitrogens with one attached hydrogen (secondary N) is 2. The molecule has 1 aliphatic heterocycles. The summed E-state index contributed by atoms with van der Waals surface area (Å²) >= 11 is 0. The van der Waals surface area contributed by atoms with Gasteiger partial charge in [0.1, 0.15) is 0 Å². The monoisotopic (exact) mass is 366 g/mol. The van der Waals surface area contributed by atoms with E-state index in [9.17, 15) is 0 Å². The molecule has 0 bridgehead atoms. The maximum Gasteiger partial charge on any atom is 0.191 e. The number of nitrogens with zero attached hydrogens (tertiary/aromatic N) is 4. The molecule has 6 nitrogen and oxygen atoms in total. The van der Waals surface area contributed by atoms with E-state index < -0.39 is 0 Å². The van der Waals surface area contributed by atoms with Gasteiger partial charge in [0.2, 0.25) is 0 Å². The van der Waals surface area contributed by atoms with Gasteiger partial charge in [-0.15, -0.1) is 0 Å². The summed E-state index contributed by atoms with van der Waals surface area (Å²) < 4.78 is 0. The van der Waals surface area contributed by atoms with Crippen molar-refractivity contribution in [3.05, 3.63) is 66.0 Å². The molecule has 0 saturated carbocycles. The zero-order chi connectivity index (χ0) is 18.7. The quantitative estimate of drug-likeness (QED) is 0.575. The highest BCUT2D eigenvalue weighted by Gasteiger charge is 2.16. The van der Waals surface area contributed by atoms with E-state index in [4.69, 9.17) is 0 Å². The summed E-state index contributed by atoms with van der Waals surface area (Å²) in [5.74, 6) is 0.823. The molecule has 1 saturated heterocycles. The van der Waals surface area contributed by atoms with Crippen LogP contribution in [0.3, 0.4) is 0 Å². The second-order valence-corrected chi connectivity index (χ2v) is 6.78. The molecule has 6 heteroatoms. The molecule has 1 fully saturated rings. The van der Waals surface area contributed by atoms with Crippen LogP contribution < -0.4 is 10.6 Å². The van der Waals surface area contributed by atoms with Gasteiger partial charge in [-0.3, -0.25) is 19.8 Å². The van der Waals surface area contributed by atoms with Crippen LogP contribution in [0.4, 0.5) is 0 Å². The van der Waals surface area contributed by atoms with E-state index in [1.54, 1.807) is 7.05 Å². The zero-order valence-electron chi connectivity index (χ0n) is 16.1. The van der Waals surface area contributed by atoms with Crippen LogP contribution in [-0.4, -0.2) is 67.1 Å². The fourth-order valence-corrected chi connectivity index (χ4v) is 3.24. The highest BCUT2D eigenvalue weighted by Crippen LogP contribution is 2.07. The first-order valence-corrected chi connectivity index (χ1v) is 9.66. The Morgan fingerprint density at radius 3 is 2.41 bits per heavy atom. The van der Waals surface area contributed by atoms with E-state index in [0.29, 0.717) is 6.54 Å². The van der Waals surface area contributed by atoms with Crippen molar-refractivity contribution in [2.45, 2.75) is 13.1 Å². The molecule has 3 rings (SSSR count). The Morgan fingerprint density at radius 1 is 0.963 bits per heavy atom. The lowest BCUT2D eigenvalue weighted by Crippen LogP contribution is -2.48. The molecule has 27 heavy (non-hydrogen) atoms. The number of piperazine rings is 1. The van der Waals surface area contributed by atoms with Crippen LogP contribution in [0.15, 0.2) is 59.7 Å². The lowest BCUT2D eigenvalue weighted by atomic mass is 10.2. The molecule has 0 aliphatic carbocycles. The Labute approximate surface area is 162 Å². The fourth-order valence-electron chi connectivity index (χ4n) is 3.24. The zero-order valence-corrected chi connectivity index (χ0v) is 16.1. The first-order chi connectivity index (χ1) is 13.3. The van der Waals surface area contributed by atoms with Gasteiger partial charge in [0.05, 0.1) is 12.2 Å². The summed E-state index contributed by atoms with van der Waals surface area (Å²) in [7, 11) is 1.80. The van der Waals surface area contributed by atoms with Gasteiger partial charge in [-0.1, -0.05) is 36.4 Å². The number of aromatic nitrogens is 1. The topological polar surface area (TPSA) is 55.8 Å². The van der Waals surface area contributed by atoms with Crippen molar-refractivity contribution >= 4 is 5.96 Å². The van der Waals surface area contributed by atoms with E-state index in [-0.39, 0.29) is 0 Å². The summed E-state index contributed by atoms with van der Waals surface area (Å²) in [5, 5.41) is 6.70. The van der Waals surface area contributed by atoms with Crippen LogP contribution in [0.5, 0.6) is 0 Å². The van der Waals surface area contributed by atoms with E-state index in [0.717, 1.165) is 57.5 Å². The summed E-state index contributed by atoms with van der Waals surface area (Å²) in [6, 6.07) is 16.7. The van der Waals surface area contributed by atoms with Crippen LogP contribution in [0.25, 0.3) is 0 Å². The number of aliphatic imine (C=N–C) groups is 1.